The van der Waals surface area contributed by atoms with Crippen molar-refractivity contribution in [2.24, 2.45) is 16.8 Å². The third-order valence-electron chi connectivity index (χ3n) is 12.1. The van der Waals surface area contributed by atoms with Crippen LogP contribution in [-0.4, -0.2) is 54.0 Å². The van der Waals surface area contributed by atoms with Gasteiger partial charge < -0.3 is 30.1 Å². The zero-order chi connectivity index (χ0) is 42.1. The molecule has 0 bridgehead atoms. The summed E-state index contributed by atoms with van der Waals surface area (Å²) in [7, 11) is 1.31. The van der Waals surface area contributed by atoms with Gasteiger partial charge in [-0.05, 0) is 91.3 Å². The molecule has 0 radical (unpaired) electrons. The number of carbonyl (C=O) groups excluding carboxylic acids is 2. The van der Waals surface area contributed by atoms with E-state index in [4.69, 9.17) is 14.5 Å². The molecule has 59 heavy (non-hydrogen) atoms. The number of phenolic OH excluding ortho intramolecular Hbond substituents is 1. The highest BCUT2D eigenvalue weighted by atomic mass is 16.5. The number of benzene rings is 4. The number of nitrogens with one attached hydrogen (secondary N) is 2. The van der Waals surface area contributed by atoms with Gasteiger partial charge >= 0.3 is 6.09 Å². The quantitative estimate of drug-likeness (QED) is 0.0724. The van der Waals surface area contributed by atoms with Crippen molar-refractivity contribution < 1.29 is 24.2 Å². The number of hydrogen-bond acceptors (Lipinski definition) is 7. The lowest BCUT2D eigenvalue weighted by Crippen LogP contribution is -2.47. The highest BCUT2D eigenvalue weighted by molar-refractivity contribution is 6.02. The monoisotopic (exact) mass is 800 g/mol. The average Bonchev–Trinajstić information content (AvgIpc) is 3.64. The van der Waals surface area contributed by atoms with Gasteiger partial charge in [0, 0.05) is 46.6 Å². The Morgan fingerprint density at radius 3 is 2.53 bits per heavy atom. The van der Waals surface area contributed by atoms with Gasteiger partial charge in [0.05, 0.1) is 18.8 Å². The topological polar surface area (TPSA) is 112 Å². The van der Waals surface area contributed by atoms with E-state index in [1.807, 2.05) is 61.2 Å². The zero-order valence-electron chi connectivity index (χ0n) is 36.2. The Bertz CT molecular complexity index is 2160. The Hall–Kier alpha value is -5.31. The van der Waals surface area contributed by atoms with E-state index in [0.29, 0.717) is 18.7 Å². The van der Waals surface area contributed by atoms with E-state index < -0.39 is 12.1 Å². The number of ether oxygens (including phenoxy) is 2. The van der Waals surface area contributed by atoms with Gasteiger partial charge in [0.2, 0.25) is 5.91 Å². The molecule has 0 saturated carbocycles. The highest BCUT2D eigenvalue weighted by Gasteiger charge is 2.40. The number of carbonyl (C=O) groups is 2. The number of unbranched alkanes of at least 4 members (excludes halogenated alkanes) is 2. The van der Waals surface area contributed by atoms with E-state index in [9.17, 15) is 14.7 Å². The van der Waals surface area contributed by atoms with Crippen LogP contribution in [0.15, 0.2) is 77.8 Å². The minimum Gasteiger partial charge on any atom is -0.508 e. The third kappa shape index (κ3) is 10.1. The Morgan fingerprint density at radius 1 is 1.02 bits per heavy atom. The van der Waals surface area contributed by atoms with Gasteiger partial charge in [-0.1, -0.05) is 115 Å². The minimum absolute atomic E-state index is 0.173. The number of nitrogens with zero attached hydrogens (tertiary/aromatic N) is 2. The summed E-state index contributed by atoms with van der Waals surface area (Å²) in [6.07, 6.45) is 11.2. The van der Waals surface area contributed by atoms with Crippen LogP contribution in [0, 0.1) is 18.8 Å². The lowest BCUT2D eigenvalue weighted by molar-refractivity contribution is -0.133. The van der Waals surface area contributed by atoms with E-state index in [1.54, 1.807) is 0 Å². The van der Waals surface area contributed by atoms with Crippen molar-refractivity contribution in [3.63, 3.8) is 0 Å². The van der Waals surface area contributed by atoms with Crippen LogP contribution in [0.3, 0.4) is 0 Å². The van der Waals surface area contributed by atoms with Gasteiger partial charge in [-0.3, -0.25) is 9.79 Å². The summed E-state index contributed by atoms with van der Waals surface area (Å²) in [6.45, 7) is 14.7. The van der Waals surface area contributed by atoms with Crippen LogP contribution < -0.4 is 15.4 Å². The minimum atomic E-state index is -0.879. The SMILES string of the molecule is C/C=C(\N=C(CCC)[C@@H]1C[C@H](C)CN1C(=O)[C@H](NC(=O)OC)c1ccccc1)c1ccc2c(c1)COc1cc3c(NCCCC[C@H](C)CCCC)c(C)c(O)cc3cc1-2. The van der Waals surface area contributed by atoms with Crippen molar-refractivity contribution in [3.05, 3.63) is 95.1 Å². The molecule has 2 heterocycles. The van der Waals surface area contributed by atoms with Crippen LogP contribution in [0.1, 0.15) is 121 Å². The molecule has 4 atom stereocenters. The number of fused-ring (bicyclic) bond motifs is 4. The number of hydrogen-bond donors (Lipinski definition) is 3. The normalized spacial score (nSPS) is 17.5. The summed E-state index contributed by atoms with van der Waals surface area (Å²) in [5, 5.41) is 19.5. The maximum Gasteiger partial charge on any atom is 0.407 e. The number of amides is 2. The molecule has 1 fully saturated rings. The molecule has 0 spiro atoms. The van der Waals surface area contributed by atoms with Crippen molar-refractivity contribution in [1.82, 2.24) is 10.2 Å². The molecule has 6 rings (SSSR count). The van der Waals surface area contributed by atoms with Crippen molar-refractivity contribution in [3.8, 4) is 22.6 Å². The third-order valence-corrected chi connectivity index (χ3v) is 12.1. The summed E-state index contributed by atoms with van der Waals surface area (Å²) in [5.74, 6) is 1.97. The Morgan fingerprint density at radius 2 is 1.80 bits per heavy atom. The van der Waals surface area contributed by atoms with E-state index in [2.05, 4.69) is 68.7 Å². The molecule has 2 aliphatic heterocycles. The fraction of sp³-hybridized carbons (Fsp3) is 0.460. The predicted octanol–water partition coefficient (Wildman–Crippen LogP) is 11.8. The van der Waals surface area contributed by atoms with Crippen molar-refractivity contribution in [2.75, 3.05) is 25.5 Å². The number of allylic oxidation sites excluding steroid dienone is 1. The summed E-state index contributed by atoms with van der Waals surface area (Å²) in [4.78, 5) is 34.0. The highest BCUT2D eigenvalue weighted by Crippen LogP contribution is 2.45. The number of methoxy groups -OCH3 is 1. The molecule has 4 aromatic rings. The average molecular weight is 801 g/mol. The van der Waals surface area contributed by atoms with Crippen molar-refractivity contribution in [2.45, 2.75) is 118 Å². The Kier molecular flexibility index (Phi) is 14.7. The second-order valence-corrected chi connectivity index (χ2v) is 16.6. The molecule has 2 amide bonds. The lowest BCUT2D eigenvalue weighted by Gasteiger charge is -2.30. The number of alkyl carbamates (subject to hydrolysis) is 1. The number of likely N-dealkylation sites (tertiary alicyclic amines) is 1. The van der Waals surface area contributed by atoms with E-state index in [-0.39, 0.29) is 23.6 Å². The largest absolute Gasteiger partial charge is 0.508 e. The van der Waals surface area contributed by atoms with Gasteiger partial charge in [0.25, 0.3) is 0 Å². The first-order valence-electron chi connectivity index (χ1n) is 21.8. The molecule has 0 unspecified atom stereocenters. The van der Waals surface area contributed by atoms with Crippen molar-refractivity contribution >= 4 is 39.9 Å². The van der Waals surface area contributed by atoms with Crippen LogP contribution in [0.5, 0.6) is 11.5 Å². The number of anilines is 1. The van der Waals surface area contributed by atoms with Crippen LogP contribution in [0.2, 0.25) is 0 Å². The number of phenols is 1. The summed E-state index contributed by atoms with van der Waals surface area (Å²) in [6, 6.07) is 20.8. The molecule has 1 saturated heterocycles. The second kappa shape index (κ2) is 20.1. The summed E-state index contributed by atoms with van der Waals surface area (Å²) in [5.41, 5.74) is 8.46. The zero-order valence-corrected chi connectivity index (χ0v) is 36.2. The van der Waals surface area contributed by atoms with Gasteiger partial charge in [-0.15, -0.1) is 0 Å². The maximum atomic E-state index is 14.4. The Balaban J connectivity index is 1.25. The fourth-order valence-electron chi connectivity index (χ4n) is 8.78. The fourth-order valence-corrected chi connectivity index (χ4v) is 8.78. The second-order valence-electron chi connectivity index (χ2n) is 16.6. The smallest absolute Gasteiger partial charge is 0.407 e. The molecule has 9 nitrogen and oxygen atoms in total. The Labute approximate surface area is 351 Å². The molecule has 2 aliphatic rings. The number of aliphatic imine (C=N–C) groups is 1. The molecule has 0 aromatic heterocycles. The molecular weight excluding hydrogens is 737 g/mol. The van der Waals surface area contributed by atoms with E-state index >= 15 is 0 Å². The molecule has 0 aliphatic carbocycles. The van der Waals surface area contributed by atoms with Crippen LogP contribution in [0.4, 0.5) is 10.5 Å². The molecule has 3 N–H and O–H groups in total. The molecule has 4 aromatic carbocycles. The van der Waals surface area contributed by atoms with Gasteiger partial charge in [-0.2, -0.15) is 0 Å². The van der Waals surface area contributed by atoms with Gasteiger partial charge in [-0.25, -0.2) is 4.79 Å². The first-order chi connectivity index (χ1) is 28.6. The lowest BCUT2D eigenvalue weighted by atomic mass is 9.91. The van der Waals surface area contributed by atoms with Crippen molar-refractivity contribution in [1.29, 1.82) is 0 Å². The summed E-state index contributed by atoms with van der Waals surface area (Å²) >= 11 is 0. The first kappa shape index (κ1) is 43.3. The molecular formula is C50H64N4O5. The van der Waals surface area contributed by atoms with Gasteiger partial charge in [0.15, 0.2) is 0 Å². The number of aromatic hydroxyl groups is 1. The molecule has 9 heteroatoms. The van der Waals surface area contributed by atoms with Gasteiger partial charge in [0.1, 0.15) is 24.1 Å². The predicted molar refractivity (Wildman–Crippen MR) is 241 cm³/mol. The standard InChI is InChI=1S/C50H64N4O5/c1-8-11-18-32(4)19-15-16-24-51-47-34(6)45(55)28-37-27-41-39-23-22-36(26-38(39)31-59-46(41)29-40(37)47)42(10-3)52-43(17-9-2)44-25-33(5)30-54(44)49(56)48(53-50(57)58-7)35-20-13-12-14-21-35/h10,12-14,20-23,26-29,32-33,44,48,51,55H,8-9,11,15-19,24-25,30-31H2,1-7H3,(H,53,57)/b42-10-,52-43?/t32-,33+,44+,48-/m1/s1. The maximum absolute atomic E-state index is 14.4. The number of rotatable bonds is 17. The van der Waals surface area contributed by atoms with Crippen LogP contribution >= 0.6 is 0 Å². The van der Waals surface area contributed by atoms with Crippen LogP contribution in [0.25, 0.3) is 27.6 Å². The molecule has 314 valence electrons. The summed E-state index contributed by atoms with van der Waals surface area (Å²) < 4.78 is 11.4. The first-order valence-corrected chi connectivity index (χ1v) is 21.8. The van der Waals surface area contributed by atoms with E-state index in [0.717, 1.165) is 99.6 Å². The van der Waals surface area contributed by atoms with E-state index in [1.165, 1.54) is 39.2 Å². The van der Waals surface area contributed by atoms with Crippen LogP contribution in [-0.2, 0) is 16.1 Å².